The molecule has 2 aromatic heterocycles. The van der Waals surface area contributed by atoms with Gasteiger partial charge in [0.25, 0.3) is 0 Å². The summed E-state index contributed by atoms with van der Waals surface area (Å²) in [5.74, 6) is -0.472. The molecule has 0 saturated heterocycles. The lowest BCUT2D eigenvalue weighted by Gasteiger charge is -2.17. The van der Waals surface area contributed by atoms with E-state index in [1.54, 1.807) is 6.07 Å². The quantitative estimate of drug-likeness (QED) is 0.231. The molecule has 0 aliphatic heterocycles. The Kier molecular flexibility index (Phi) is 7.35. The maximum atomic E-state index is 13.7. The lowest BCUT2D eigenvalue weighted by Crippen LogP contribution is -2.33. The van der Waals surface area contributed by atoms with Crippen LogP contribution in [0.4, 0.5) is 14.6 Å². The number of benzene rings is 1. The molecule has 2 heterocycles. The van der Waals surface area contributed by atoms with Crippen molar-refractivity contribution in [2.45, 2.75) is 67.7 Å². The Labute approximate surface area is 210 Å². The van der Waals surface area contributed by atoms with Crippen molar-refractivity contribution in [1.82, 2.24) is 25.0 Å². The molecule has 194 valence electrons. The topological polar surface area (TPSA) is 138 Å². The molecule has 0 bridgehead atoms. The molecule has 0 unspecified atom stereocenters. The van der Waals surface area contributed by atoms with E-state index in [-0.39, 0.29) is 31.6 Å². The van der Waals surface area contributed by atoms with Gasteiger partial charge in [0, 0.05) is 24.1 Å². The van der Waals surface area contributed by atoms with Crippen molar-refractivity contribution < 1.29 is 28.8 Å². The molecule has 3 aromatic rings. The maximum Gasteiger partial charge on any atom is 0.191 e. The van der Waals surface area contributed by atoms with Crippen molar-refractivity contribution in [3.63, 3.8) is 0 Å². The van der Waals surface area contributed by atoms with Gasteiger partial charge in [-0.1, -0.05) is 30.0 Å². The average Bonchev–Trinajstić information content (AvgIpc) is 3.41. The molecule has 0 radical (unpaired) electrons. The first-order chi connectivity index (χ1) is 17.4. The number of hydrogen-bond donors (Lipinski definition) is 4. The number of ether oxygens (including phenoxy) is 1. The monoisotopic (exact) mass is 522 g/mol. The standard InChI is InChI=1S/C23H28F2N6O4S/c1-2-7-36-23-27-21(26-15-9-12(15)11-3-4-13(24)14(25)8-11)18-22(28-23)31(30-29-18)16-10-17(35-6-5-32)20(34)19(16)33/h3-4,8,12,15-17,19-20,32-34H,2,5-7,9-10H2,1H3,(H,26,27,28)/t12-,15+,16-,17+,19-,20+/m1/s1. The fourth-order valence-corrected chi connectivity index (χ4v) is 5.31. The van der Waals surface area contributed by atoms with E-state index >= 15 is 0 Å². The minimum Gasteiger partial charge on any atom is -0.394 e. The molecule has 2 aliphatic carbocycles. The molecule has 0 spiro atoms. The van der Waals surface area contributed by atoms with E-state index in [1.807, 2.05) is 0 Å². The van der Waals surface area contributed by atoms with Crippen LogP contribution in [-0.2, 0) is 4.74 Å². The molecule has 10 nitrogen and oxygen atoms in total. The first-order valence-electron chi connectivity index (χ1n) is 12.0. The van der Waals surface area contributed by atoms with Crippen LogP contribution in [0.15, 0.2) is 23.4 Å². The van der Waals surface area contributed by atoms with Gasteiger partial charge in [-0.15, -0.1) is 5.10 Å². The number of fused-ring (bicyclic) bond motifs is 1. The van der Waals surface area contributed by atoms with Crippen LogP contribution < -0.4 is 5.32 Å². The van der Waals surface area contributed by atoms with Gasteiger partial charge in [0.1, 0.15) is 12.2 Å². The Morgan fingerprint density at radius 2 is 2.00 bits per heavy atom. The van der Waals surface area contributed by atoms with Gasteiger partial charge in [-0.3, -0.25) is 0 Å². The highest BCUT2D eigenvalue weighted by Crippen LogP contribution is 2.44. The van der Waals surface area contributed by atoms with Gasteiger partial charge in [0.2, 0.25) is 0 Å². The van der Waals surface area contributed by atoms with E-state index in [2.05, 4.69) is 32.5 Å². The molecule has 2 saturated carbocycles. The zero-order chi connectivity index (χ0) is 25.4. The molecule has 6 atom stereocenters. The average molecular weight is 523 g/mol. The predicted octanol–water partition coefficient (Wildman–Crippen LogP) is 2.01. The van der Waals surface area contributed by atoms with E-state index in [1.165, 1.54) is 22.5 Å². The second-order valence-electron chi connectivity index (χ2n) is 9.09. The third-order valence-electron chi connectivity index (χ3n) is 6.56. The van der Waals surface area contributed by atoms with Crippen LogP contribution in [0, 0.1) is 11.6 Å². The smallest absolute Gasteiger partial charge is 0.191 e. The lowest BCUT2D eigenvalue weighted by molar-refractivity contribution is -0.0629. The number of nitrogens with zero attached hydrogens (tertiary/aromatic N) is 5. The van der Waals surface area contributed by atoms with E-state index in [0.717, 1.165) is 24.7 Å². The van der Waals surface area contributed by atoms with Crippen molar-refractivity contribution in [2.75, 3.05) is 24.3 Å². The molecule has 0 amide bonds. The number of thioether (sulfide) groups is 1. The largest absolute Gasteiger partial charge is 0.394 e. The van der Waals surface area contributed by atoms with Crippen molar-refractivity contribution in [1.29, 1.82) is 0 Å². The molecule has 5 rings (SSSR count). The molecule has 13 heteroatoms. The summed E-state index contributed by atoms with van der Waals surface area (Å²) in [5.41, 5.74) is 1.53. The van der Waals surface area contributed by atoms with Gasteiger partial charge >= 0.3 is 0 Å². The fourth-order valence-electron chi connectivity index (χ4n) is 4.61. The zero-order valence-corrected chi connectivity index (χ0v) is 20.4. The Balaban J connectivity index is 1.43. The summed E-state index contributed by atoms with van der Waals surface area (Å²) in [6.45, 7) is 1.91. The third-order valence-corrected chi connectivity index (χ3v) is 7.61. The molecular weight excluding hydrogens is 494 g/mol. The van der Waals surface area contributed by atoms with Crippen LogP contribution in [0.3, 0.4) is 0 Å². The molecule has 2 fully saturated rings. The summed E-state index contributed by atoms with van der Waals surface area (Å²) >= 11 is 1.48. The van der Waals surface area contributed by atoms with E-state index in [4.69, 9.17) is 9.84 Å². The predicted molar refractivity (Wildman–Crippen MR) is 128 cm³/mol. The number of aliphatic hydroxyl groups excluding tert-OH is 3. The van der Waals surface area contributed by atoms with E-state index in [9.17, 15) is 19.0 Å². The number of aliphatic hydroxyl groups is 3. The number of hydrogen-bond acceptors (Lipinski definition) is 10. The number of aromatic nitrogens is 5. The second-order valence-corrected chi connectivity index (χ2v) is 10.2. The molecule has 36 heavy (non-hydrogen) atoms. The summed E-state index contributed by atoms with van der Waals surface area (Å²) in [6, 6.07) is 3.26. The Bertz CT molecular complexity index is 1230. The van der Waals surface area contributed by atoms with Crippen LogP contribution >= 0.6 is 11.8 Å². The normalized spacial score (nSPS) is 27.6. The second kappa shape index (κ2) is 10.5. The molecule has 2 aliphatic rings. The first-order valence-corrected chi connectivity index (χ1v) is 13.0. The van der Waals surface area contributed by atoms with Crippen LogP contribution in [0.2, 0.25) is 0 Å². The highest BCUT2D eigenvalue weighted by molar-refractivity contribution is 7.99. The SMILES string of the molecule is CCCSc1nc(N[C@H]2C[C@@H]2c2ccc(F)c(F)c2)c2nnn([C@@H]3C[C@H](OCCO)[C@H](O)[C@@H]3O)c2n1. The van der Waals surface area contributed by atoms with Crippen LogP contribution in [-0.4, -0.2) is 83.6 Å². The fraction of sp³-hybridized carbons (Fsp3) is 0.565. The maximum absolute atomic E-state index is 13.7. The number of anilines is 1. The first kappa shape index (κ1) is 25.2. The summed E-state index contributed by atoms with van der Waals surface area (Å²) in [7, 11) is 0. The Morgan fingerprint density at radius 1 is 1.17 bits per heavy atom. The van der Waals surface area contributed by atoms with Gasteiger partial charge in [-0.05, 0) is 30.5 Å². The van der Waals surface area contributed by atoms with E-state index in [0.29, 0.717) is 27.7 Å². The van der Waals surface area contributed by atoms with E-state index < -0.39 is 36.0 Å². The summed E-state index contributed by atoms with van der Waals surface area (Å²) in [4.78, 5) is 9.27. The molecule has 4 N–H and O–H groups in total. The lowest BCUT2D eigenvalue weighted by atomic mass is 10.1. The molecule has 1 aromatic carbocycles. The Hall–Kier alpha value is -2.45. The van der Waals surface area contributed by atoms with Crippen LogP contribution in [0.5, 0.6) is 0 Å². The number of nitrogens with one attached hydrogen (secondary N) is 1. The van der Waals surface area contributed by atoms with Crippen LogP contribution in [0.25, 0.3) is 11.2 Å². The van der Waals surface area contributed by atoms with Gasteiger partial charge in [-0.25, -0.2) is 23.4 Å². The summed E-state index contributed by atoms with van der Waals surface area (Å²) in [6.07, 6.45) is -1.04. The van der Waals surface area contributed by atoms with Gasteiger partial charge in [0.05, 0.1) is 25.4 Å². The van der Waals surface area contributed by atoms with Crippen molar-refractivity contribution >= 4 is 28.7 Å². The van der Waals surface area contributed by atoms with Crippen molar-refractivity contribution in [3.8, 4) is 0 Å². The van der Waals surface area contributed by atoms with Crippen LogP contribution in [0.1, 0.15) is 43.7 Å². The number of halogens is 2. The van der Waals surface area contributed by atoms with Gasteiger partial charge < -0.3 is 25.4 Å². The van der Waals surface area contributed by atoms with Crippen molar-refractivity contribution in [2.24, 2.45) is 0 Å². The highest BCUT2D eigenvalue weighted by Gasteiger charge is 2.45. The van der Waals surface area contributed by atoms with Gasteiger partial charge in [-0.2, -0.15) is 0 Å². The van der Waals surface area contributed by atoms with Crippen molar-refractivity contribution in [3.05, 3.63) is 35.4 Å². The summed E-state index contributed by atoms with van der Waals surface area (Å²) in [5, 5.41) is 42.5. The Morgan fingerprint density at radius 3 is 2.75 bits per heavy atom. The third kappa shape index (κ3) is 4.90. The zero-order valence-electron chi connectivity index (χ0n) is 19.6. The van der Waals surface area contributed by atoms with Gasteiger partial charge in [0.15, 0.2) is 33.8 Å². The summed E-state index contributed by atoms with van der Waals surface area (Å²) < 4.78 is 34.0. The minimum absolute atomic E-state index is 0.00291. The molecular formula is C23H28F2N6O4S. The highest BCUT2D eigenvalue weighted by atomic mass is 32.2. The number of rotatable bonds is 10. The minimum atomic E-state index is -1.15.